The van der Waals surface area contributed by atoms with Gasteiger partial charge in [-0.2, -0.15) is 0 Å². The highest BCUT2D eigenvalue weighted by Gasteiger charge is 2.55. The zero-order valence-electron chi connectivity index (χ0n) is 20.8. The lowest BCUT2D eigenvalue weighted by Gasteiger charge is -2.40. The van der Waals surface area contributed by atoms with Crippen LogP contribution in [0.25, 0.3) is 11.0 Å². The first-order valence-corrected chi connectivity index (χ1v) is 11.5. The molecule has 0 spiro atoms. The number of carbonyl (C=O) groups is 1. The van der Waals surface area contributed by atoms with E-state index in [4.69, 9.17) is 37.7 Å². The molecule has 2 aliphatic heterocycles. The van der Waals surface area contributed by atoms with Crippen molar-refractivity contribution in [3.63, 3.8) is 0 Å². The van der Waals surface area contributed by atoms with E-state index < -0.39 is 36.4 Å². The third-order valence-electron chi connectivity index (χ3n) is 6.14. The molecule has 4 rings (SSSR count). The lowest BCUT2D eigenvalue weighted by Crippen LogP contribution is -2.58. The van der Waals surface area contributed by atoms with Crippen LogP contribution in [-0.2, 0) is 23.8 Å². The maximum atomic E-state index is 13.0. The standard InChI is InChI=1S/C25H29NO10/c1-7-11-31-19-14-9-10-16(12(3)18(14)34-23(27)17(19)13(4)26-30-6)33-24-22-21(35-25(28)36-22)20(29-5)15(8-2)32-24/h7,9-10,15,20-22,24H,1,8,11H2,2-6H3/t15-,20-,21+,22+,24?/m0/s1. The van der Waals surface area contributed by atoms with Crippen LogP contribution in [0.15, 0.2) is 39.2 Å². The van der Waals surface area contributed by atoms with E-state index in [2.05, 4.69) is 11.7 Å². The van der Waals surface area contributed by atoms with E-state index in [0.717, 1.165) is 0 Å². The number of methoxy groups -OCH3 is 1. The number of hydrogen-bond acceptors (Lipinski definition) is 11. The molecule has 0 radical (unpaired) electrons. The van der Waals surface area contributed by atoms with Crippen molar-refractivity contribution in [1.82, 2.24) is 0 Å². The molecular weight excluding hydrogens is 474 g/mol. The number of benzene rings is 1. The number of nitrogens with zero attached hydrogens (tertiary/aromatic N) is 1. The fourth-order valence-corrected chi connectivity index (χ4v) is 4.49. The van der Waals surface area contributed by atoms with Gasteiger partial charge in [0.1, 0.15) is 42.5 Å². The van der Waals surface area contributed by atoms with Gasteiger partial charge in [0.15, 0.2) is 6.10 Å². The Morgan fingerprint density at radius 3 is 2.61 bits per heavy atom. The molecule has 2 fully saturated rings. The van der Waals surface area contributed by atoms with E-state index in [-0.39, 0.29) is 29.6 Å². The Hall–Kier alpha value is -3.57. The van der Waals surface area contributed by atoms with Crippen molar-refractivity contribution < 1.29 is 42.5 Å². The highest BCUT2D eigenvalue weighted by molar-refractivity contribution is 6.05. The average Bonchev–Trinajstić information content (AvgIpc) is 3.25. The van der Waals surface area contributed by atoms with Crippen LogP contribution in [0.5, 0.6) is 11.5 Å². The largest absolute Gasteiger partial charge is 0.509 e. The summed E-state index contributed by atoms with van der Waals surface area (Å²) >= 11 is 0. The van der Waals surface area contributed by atoms with Gasteiger partial charge in [-0.05, 0) is 32.4 Å². The van der Waals surface area contributed by atoms with Crippen LogP contribution < -0.4 is 15.1 Å². The van der Waals surface area contributed by atoms with Crippen molar-refractivity contribution >= 4 is 22.8 Å². The number of oxime groups is 1. The van der Waals surface area contributed by atoms with E-state index >= 15 is 0 Å². The normalized spacial score (nSPS) is 25.6. The molecule has 2 saturated heterocycles. The Balaban J connectivity index is 1.75. The summed E-state index contributed by atoms with van der Waals surface area (Å²) in [5, 5.41) is 4.39. The summed E-state index contributed by atoms with van der Waals surface area (Å²) in [7, 11) is 2.91. The van der Waals surface area contributed by atoms with Crippen LogP contribution in [0.1, 0.15) is 31.4 Å². The smallest absolute Gasteiger partial charge is 0.488 e. The van der Waals surface area contributed by atoms with Crippen molar-refractivity contribution in [3.8, 4) is 11.5 Å². The predicted octanol–water partition coefficient (Wildman–Crippen LogP) is 3.47. The molecule has 0 aliphatic carbocycles. The van der Waals surface area contributed by atoms with Gasteiger partial charge in [-0.3, -0.25) is 0 Å². The minimum Gasteiger partial charge on any atom is -0.488 e. The highest BCUT2D eigenvalue weighted by atomic mass is 16.8. The Morgan fingerprint density at radius 2 is 1.94 bits per heavy atom. The number of rotatable bonds is 9. The monoisotopic (exact) mass is 503 g/mol. The highest BCUT2D eigenvalue weighted by Crippen LogP contribution is 2.38. The molecule has 11 nitrogen and oxygen atoms in total. The fourth-order valence-electron chi connectivity index (χ4n) is 4.49. The molecular formula is C25H29NO10. The van der Waals surface area contributed by atoms with Gasteiger partial charge < -0.3 is 37.7 Å². The van der Waals surface area contributed by atoms with Gasteiger partial charge in [-0.1, -0.05) is 24.7 Å². The second kappa shape index (κ2) is 10.6. The minimum atomic E-state index is -0.965. The van der Waals surface area contributed by atoms with Crippen molar-refractivity contribution in [1.29, 1.82) is 0 Å². The van der Waals surface area contributed by atoms with Gasteiger partial charge in [-0.15, -0.1) is 0 Å². The molecule has 3 heterocycles. The molecule has 1 unspecified atom stereocenters. The summed E-state index contributed by atoms with van der Waals surface area (Å²) < 4.78 is 40.0. The Bertz CT molecular complexity index is 1240. The lowest BCUT2D eigenvalue weighted by molar-refractivity contribution is -0.250. The van der Waals surface area contributed by atoms with E-state index in [9.17, 15) is 9.59 Å². The molecule has 11 heteroatoms. The van der Waals surface area contributed by atoms with Crippen LogP contribution in [0.4, 0.5) is 4.79 Å². The molecule has 0 saturated carbocycles. The van der Waals surface area contributed by atoms with Crippen molar-refractivity contribution in [2.24, 2.45) is 5.16 Å². The van der Waals surface area contributed by atoms with Crippen molar-refractivity contribution in [2.75, 3.05) is 20.8 Å². The average molecular weight is 504 g/mol. The molecule has 0 amide bonds. The van der Waals surface area contributed by atoms with Crippen LogP contribution >= 0.6 is 0 Å². The van der Waals surface area contributed by atoms with Gasteiger partial charge in [0.25, 0.3) is 0 Å². The quantitative estimate of drug-likeness (QED) is 0.165. The molecule has 0 bridgehead atoms. The van der Waals surface area contributed by atoms with E-state index in [0.29, 0.717) is 28.8 Å². The summed E-state index contributed by atoms with van der Waals surface area (Å²) in [5.74, 6) is 0.656. The Labute approximate surface area is 207 Å². The predicted molar refractivity (Wildman–Crippen MR) is 128 cm³/mol. The summed E-state index contributed by atoms with van der Waals surface area (Å²) in [6, 6.07) is 3.40. The number of fused-ring (bicyclic) bond motifs is 2. The third-order valence-corrected chi connectivity index (χ3v) is 6.14. The number of ether oxygens (including phenoxy) is 6. The second-order valence-corrected chi connectivity index (χ2v) is 8.30. The number of hydrogen-bond donors (Lipinski definition) is 0. The molecule has 1 aromatic heterocycles. The molecule has 0 N–H and O–H groups in total. The Morgan fingerprint density at radius 1 is 1.19 bits per heavy atom. The number of aryl methyl sites for hydroxylation is 1. The zero-order chi connectivity index (χ0) is 26.0. The van der Waals surface area contributed by atoms with Gasteiger partial charge in [0.2, 0.25) is 12.4 Å². The van der Waals surface area contributed by atoms with E-state index in [1.165, 1.54) is 14.2 Å². The van der Waals surface area contributed by atoms with Gasteiger partial charge in [-0.25, -0.2) is 9.59 Å². The molecule has 36 heavy (non-hydrogen) atoms. The van der Waals surface area contributed by atoms with Crippen LogP contribution in [0.3, 0.4) is 0 Å². The topological polar surface area (TPSA) is 124 Å². The first-order chi connectivity index (χ1) is 17.3. The van der Waals surface area contributed by atoms with Gasteiger partial charge in [0.05, 0.1) is 17.2 Å². The molecule has 2 aromatic rings. The van der Waals surface area contributed by atoms with Crippen LogP contribution in [0.2, 0.25) is 0 Å². The van der Waals surface area contributed by atoms with Gasteiger partial charge in [0, 0.05) is 12.7 Å². The maximum absolute atomic E-state index is 13.0. The third kappa shape index (κ3) is 4.51. The SMILES string of the molecule is C=CCOc1c(C(C)=NOC)c(=O)oc2c(C)c(OC3O[C@@H](CC)[C@H](OC)[C@H]4OC(=O)O[C@@H]34)ccc12. The summed E-state index contributed by atoms with van der Waals surface area (Å²) in [6.45, 7) is 9.11. The molecule has 2 aliphatic rings. The van der Waals surface area contributed by atoms with Crippen LogP contribution in [-0.4, -0.2) is 63.4 Å². The first kappa shape index (κ1) is 25.5. The van der Waals surface area contributed by atoms with Crippen LogP contribution in [0, 0.1) is 6.92 Å². The second-order valence-electron chi connectivity index (χ2n) is 8.30. The Kier molecular flexibility index (Phi) is 7.51. The first-order valence-electron chi connectivity index (χ1n) is 11.5. The van der Waals surface area contributed by atoms with Gasteiger partial charge >= 0.3 is 11.8 Å². The zero-order valence-corrected chi connectivity index (χ0v) is 20.8. The number of carbonyl (C=O) groups excluding carboxylic acids is 1. The van der Waals surface area contributed by atoms with E-state index in [1.807, 2.05) is 6.92 Å². The lowest BCUT2D eigenvalue weighted by atomic mass is 9.97. The fraction of sp³-hybridized carbons (Fsp3) is 0.480. The summed E-state index contributed by atoms with van der Waals surface area (Å²) in [5.41, 5.74) is 0.575. The van der Waals surface area contributed by atoms with Crippen molar-refractivity contribution in [2.45, 2.75) is 57.9 Å². The molecule has 194 valence electrons. The maximum Gasteiger partial charge on any atom is 0.509 e. The molecule has 1 aromatic carbocycles. The van der Waals surface area contributed by atoms with E-state index in [1.54, 1.807) is 32.1 Å². The van der Waals surface area contributed by atoms with Crippen molar-refractivity contribution in [3.05, 3.63) is 46.3 Å². The molecule has 5 atom stereocenters. The summed E-state index contributed by atoms with van der Waals surface area (Å²) in [4.78, 5) is 29.7. The minimum absolute atomic E-state index is 0.143. The summed E-state index contributed by atoms with van der Waals surface area (Å²) in [6.07, 6.45) is -2.03.